The molecule has 0 saturated carbocycles. The topological polar surface area (TPSA) is 90.0 Å². The van der Waals surface area contributed by atoms with Crippen molar-refractivity contribution >= 4 is 17.5 Å². The Morgan fingerprint density at radius 3 is 2.79 bits per heavy atom. The molecule has 1 atom stereocenters. The van der Waals surface area contributed by atoms with Crippen LogP contribution in [0.25, 0.3) is 0 Å². The summed E-state index contributed by atoms with van der Waals surface area (Å²) in [7, 11) is 3.05. The molecule has 2 rings (SSSR count). The highest BCUT2D eigenvalue weighted by Gasteiger charge is 2.38. The van der Waals surface area contributed by atoms with Gasteiger partial charge in [-0.25, -0.2) is 4.98 Å². The fraction of sp³-hybridized carbons (Fsp3) is 0.562. The fourth-order valence-electron chi connectivity index (χ4n) is 2.55. The lowest BCUT2D eigenvalue weighted by Gasteiger charge is -2.33. The zero-order valence-electron chi connectivity index (χ0n) is 14.2. The zero-order chi connectivity index (χ0) is 17.6. The van der Waals surface area contributed by atoms with E-state index in [0.29, 0.717) is 31.3 Å². The van der Waals surface area contributed by atoms with Crippen LogP contribution in [0.5, 0.6) is 5.88 Å². The van der Waals surface area contributed by atoms with E-state index in [1.165, 1.54) is 27.3 Å². The molecule has 1 aliphatic heterocycles. The van der Waals surface area contributed by atoms with Crippen LogP contribution >= 0.6 is 0 Å². The molecule has 1 aromatic heterocycles. The van der Waals surface area contributed by atoms with E-state index < -0.39 is 5.60 Å². The molecule has 0 aromatic carbocycles. The SMILES string of the molecule is COc1ccc(NC(=O)C[C@]2(OC)COCCN(C(C)=O)C2)cn1. The first kappa shape index (κ1) is 18.2. The third-order valence-electron chi connectivity index (χ3n) is 3.94. The van der Waals surface area contributed by atoms with Gasteiger partial charge in [0.15, 0.2) is 0 Å². The van der Waals surface area contributed by atoms with Crippen molar-refractivity contribution in [1.82, 2.24) is 9.88 Å². The molecule has 132 valence electrons. The fourth-order valence-corrected chi connectivity index (χ4v) is 2.55. The molecular weight excluding hydrogens is 314 g/mol. The summed E-state index contributed by atoms with van der Waals surface area (Å²) in [4.78, 5) is 29.7. The molecule has 1 fully saturated rings. The summed E-state index contributed by atoms with van der Waals surface area (Å²) in [6, 6.07) is 3.36. The Labute approximate surface area is 141 Å². The van der Waals surface area contributed by atoms with Gasteiger partial charge in [0.1, 0.15) is 5.60 Å². The summed E-state index contributed by atoms with van der Waals surface area (Å²) in [5.41, 5.74) is -0.309. The summed E-state index contributed by atoms with van der Waals surface area (Å²) in [5, 5.41) is 2.77. The number of carbonyl (C=O) groups is 2. The van der Waals surface area contributed by atoms with E-state index in [2.05, 4.69) is 10.3 Å². The molecule has 0 bridgehead atoms. The van der Waals surface area contributed by atoms with E-state index in [1.54, 1.807) is 17.0 Å². The molecule has 1 aliphatic rings. The smallest absolute Gasteiger partial charge is 0.227 e. The van der Waals surface area contributed by atoms with Gasteiger partial charge >= 0.3 is 0 Å². The van der Waals surface area contributed by atoms with Crippen molar-refractivity contribution in [2.24, 2.45) is 0 Å². The molecule has 2 heterocycles. The van der Waals surface area contributed by atoms with Crippen molar-refractivity contribution in [2.75, 3.05) is 45.8 Å². The van der Waals surface area contributed by atoms with Crippen molar-refractivity contribution in [3.05, 3.63) is 18.3 Å². The van der Waals surface area contributed by atoms with Crippen LogP contribution in [0, 0.1) is 0 Å². The average molecular weight is 337 g/mol. The lowest BCUT2D eigenvalue weighted by Crippen LogP contribution is -2.49. The highest BCUT2D eigenvalue weighted by atomic mass is 16.5. The number of pyridine rings is 1. The Balaban J connectivity index is 2.03. The Morgan fingerprint density at radius 1 is 1.42 bits per heavy atom. The van der Waals surface area contributed by atoms with Crippen molar-refractivity contribution in [2.45, 2.75) is 18.9 Å². The minimum atomic E-state index is -0.869. The number of rotatable bonds is 5. The second-order valence-corrected chi connectivity index (χ2v) is 5.69. The van der Waals surface area contributed by atoms with Gasteiger partial charge in [-0.05, 0) is 6.07 Å². The Morgan fingerprint density at radius 2 is 2.21 bits per heavy atom. The standard InChI is InChI=1S/C16H23N3O5/c1-12(20)19-6-7-24-11-16(10-19,23-3)8-14(21)18-13-4-5-15(22-2)17-9-13/h4-5,9H,6-8,10-11H2,1-3H3,(H,18,21)/t16-/m1/s1. The van der Waals surface area contributed by atoms with E-state index >= 15 is 0 Å². The molecule has 1 saturated heterocycles. The van der Waals surface area contributed by atoms with E-state index in [9.17, 15) is 9.59 Å². The minimum absolute atomic E-state index is 0.0679. The van der Waals surface area contributed by atoms with Gasteiger partial charge < -0.3 is 24.4 Å². The number of amides is 2. The second-order valence-electron chi connectivity index (χ2n) is 5.69. The van der Waals surface area contributed by atoms with Gasteiger partial charge in [-0.1, -0.05) is 0 Å². The van der Waals surface area contributed by atoms with Crippen molar-refractivity contribution in [3.63, 3.8) is 0 Å². The van der Waals surface area contributed by atoms with Crippen LogP contribution in [-0.2, 0) is 19.1 Å². The summed E-state index contributed by atoms with van der Waals surface area (Å²) < 4.78 is 16.1. The number of ether oxygens (including phenoxy) is 3. The van der Waals surface area contributed by atoms with Crippen LogP contribution in [0.2, 0.25) is 0 Å². The van der Waals surface area contributed by atoms with E-state index in [1.807, 2.05) is 0 Å². The van der Waals surface area contributed by atoms with E-state index in [-0.39, 0.29) is 24.8 Å². The van der Waals surface area contributed by atoms with Crippen molar-refractivity contribution < 1.29 is 23.8 Å². The van der Waals surface area contributed by atoms with Gasteiger partial charge in [-0.15, -0.1) is 0 Å². The predicted molar refractivity (Wildman–Crippen MR) is 86.8 cm³/mol. The number of aromatic nitrogens is 1. The first-order chi connectivity index (χ1) is 11.5. The molecule has 24 heavy (non-hydrogen) atoms. The lowest BCUT2D eigenvalue weighted by atomic mass is 9.99. The minimum Gasteiger partial charge on any atom is -0.481 e. The van der Waals surface area contributed by atoms with Crippen LogP contribution in [0.3, 0.4) is 0 Å². The Hall–Kier alpha value is -2.19. The van der Waals surface area contributed by atoms with Crippen LogP contribution in [0.15, 0.2) is 18.3 Å². The molecular formula is C16H23N3O5. The monoisotopic (exact) mass is 337 g/mol. The van der Waals surface area contributed by atoms with Crippen LogP contribution in [-0.4, -0.2) is 67.8 Å². The number of methoxy groups -OCH3 is 2. The van der Waals surface area contributed by atoms with Crippen LogP contribution < -0.4 is 10.1 Å². The van der Waals surface area contributed by atoms with Gasteiger partial charge in [-0.3, -0.25) is 9.59 Å². The lowest BCUT2D eigenvalue weighted by molar-refractivity contribution is -0.137. The molecule has 0 unspecified atom stereocenters. The third-order valence-corrected chi connectivity index (χ3v) is 3.94. The maximum atomic E-state index is 12.4. The quantitative estimate of drug-likeness (QED) is 0.850. The number of hydrogen-bond donors (Lipinski definition) is 1. The molecule has 1 N–H and O–H groups in total. The first-order valence-electron chi connectivity index (χ1n) is 7.66. The van der Waals surface area contributed by atoms with E-state index in [0.717, 1.165) is 0 Å². The largest absolute Gasteiger partial charge is 0.481 e. The molecule has 2 amide bonds. The summed E-state index contributed by atoms with van der Waals surface area (Å²) in [5.74, 6) is 0.162. The highest BCUT2D eigenvalue weighted by molar-refractivity contribution is 5.91. The van der Waals surface area contributed by atoms with Crippen molar-refractivity contribution in [3.8, 4) is 5.88 Å². The number of hydrogen-bond acceptors (Lipinski definition) is 6. The normalized spacial score (nSPS) is 21.0. The average Bonchev–Trinajstić information content (AvgIpc) is 2.79. The number of carbonyl (C=O) groups excluding carboxylic acids is 2. The number of nitrogens with zero attached hydrogens (tertiary/aromatic N) is 2. The number of anilines is 1. The number of nitrogens with one attached hydrogen (secondary N) is 1. The van der Waals surface area contributed by atoms with E-state index in [4.69, 9.17) is 14.2 Å². The summed E-state index contributed by atoms with van der Waals surface area (Å²) >= 11 is 0. The highest BCUT2D eigenvalue weighted by Crippen LogP contribution is 2.22. The molecule has 0 aliphatic carbocycles. The van der Waals surface area contributed by atoms with Gasteiger partial charge in [0.2, 0.25) is 17.7 Å². The first-order valence-corrected chi connectivity index (χ1v) is 7.66. The molecule has 1 aromatic rings. The molecule has 0 radical (unpaired) electrons. The van der Waals surface area contributed by atoms with Gasteiger partial charge in [0.05, 0.1) is 45.2 Å². The maximum absolute atomic E-state index is 12.4. The van der Waals surface area contributed by atoms with Crippen molar-refractivity contribution in [1.29, 1.82) is 0 Å². The third kappa shape index (κ3) is 4.65. The van der Waals surface area contributed by atoms with Gasteiger partial charge in [-0.2, -0.15) is 0 Å². The van der Waals surface area contributed by atoms with Crippen LogP contribution in [0.4, 0.5) is 5.69 Å². The summed E-state index contributed by atoms with van der Waals surface area (Å²) in [6.45, 7) is 2.97. The molecule has 8 heteroatoms. The Bertz CT molecular complexity index is 578. The van der Waals surface area contributed by atoms with Gasteiger partial charge in [0, 0.05) is 26.6 Å². The second kappa shape index (κ2) is 8.07. The Kier molecular flexibility index (Phi) is 6.10. The molecule has 8 nitrogen and oxygen atoms in total. The predicted octanol–water partition coefficient (Wildman–Crippen LogP) is 0.683. The zero-order valence-corrected chi connectivity index (χ0v) is 14.2. The summed E-state index contributed by atoms with van der Waals surface area (Å²) in [6.07, 6.45) is 1.58. The molecule has 0 spiro atoms. The van der Waals surface area contributed by atoms with Crippen LogP contribution in [0.1, 0.15) is 13.3 Å². The van der Waals surface area contributed by atoms with Gasteiger partial charge in [0.25, 0.3) is 0 Å². The maximum Gasteiger partial charge on any atom is 0.227 e.